The zero-order chi connectivity index (χ0) is 14.4. The van der Waals surface area contributed by atoms with E-state index in [4.69, 9.17) is 18.3 Å². The maximum absolute atomic E-state index is 13.9. The molecule has 0 spiro atoms. The lowest BCUT2D eigenvalue weighted by Gasteiger charge is -2.10. The zero-order valence-corrected chi connectivity index (χ0v) is 11.1. The van der Waals surface area contributed by atoms with Crippen molar-refractivity contribution in [3.63, 3.8) is 0 Å². The standard InChI is InChI=1S/C14H11FO5/c1-6-4-8(16)10-11(17-2)9-7(15)5-19-12(9)14(18-3)13(10)20-6/h4-5H,1-3H3. The van der Waals surface area contributed by atoms with Crippen molar-refractivity contribution in [1.29, 1.82) is 0 Å². The molecular weight excluding hydrogens is 267 g/mol. The van der Waals surface area contributed by atoms with Crippen molar-refractivity contribution < 1.29 is 22.7 Å². The fourth-order valence-corrected chi connectivity index (χ4v) is 2.32. The summed E-state index contributed by atoms with van der Waals surface area (Å²) in [5.41, 5.74) is -0.0132. The SMILES string of the molecule is COc1c2occ(F)c2c(OC)c2c(=O)cc(C)oc12. The van der Waals surface area contributed by atoms with Crippen LogP contribution in [0.4, 0.5) is 4.39 Å². The molecule has 2 heterocycles. The normalized spacial score (nSPS) is 11.2. The van der Waals surface area contributed by atoms with Gasteiger partial charge in [0.2, 0.25) is 5.75 Å². The third-order valence-corrected chi connectivity index (χ3v) is 3.09. The number of ether oxygens (including phenoxy) is 2. The number of hydrogen-bond donors (Lipinski definition) is 0. The summed E-state index contributed by atoms with van der Waals surface area (Å²) in [4.78, 5) is 12.2. The number of methoxy groups -OCH3 is 2. The Labute approximate surface area is 112 Å². The van der Waals surface area contributed by atoms with E-state index in [1.54, 1.807) is 6.92 Å². The van der Waals surface area contributed by atoms with Crippen LogP contribution < -0.4 is 14.9 Å². The highest BCUT2D eigenvalue weighted by molar-refractivity contribution is 6.06. The maximum Gasteiger partial charge on any atom is 0.206 e. The first kappa shape index (κ1) is 12.5. The summed E-state index contributed by atoms with van der Waals surface area (Å²) in [7, 11) is 2.75. The van der Waals surface area contributed by atoms with Crippen LogP contribution in [-0.4, -0.2) is 14.2 Å². The van der Waals surface area contributed by atoms with Gasteiger partial charge in [0.1, 0.15) is 28.5 Å². The van der Waals surface area contributed by atoms with Crippen LogP contribution in [-0.2, 0) is 0 Å². The summed E-state index contributed by atoms with van der Waals surface area (Å²) >= 11 is 0. The molecule has 3 aromatic rings. The van der Waals surface area contributed by atoms with E-state index in [1.807, 2.05) is 0 Å². The monoisotopic (exact) mass is 278 g/mol. The molecule has 0 amide bonds. The van der Waals surface area contributed by atoms with Crippen LogP contribution in [0.3, 0.4) is 0 Å². The highest BCUT2D eigenvalue weighted by Crippen LogP contribution is 2.43. The minimum absolute atomic E-state index is 0.0630. The molecule has 0 N–H and O–H groups in total. The number of benzene rings is 1. The molecule has 0 bridgehead atoms. The van der Waals surface area contributed by atoms with Gasteiger partial charge in [0.15, 0.2) is 22.4 Å². The zero-order valence-electron chi connectivity index (χ0n) is 11.1. The van der Waals surface area contributed by atoms with Crippen molar-refractivity contribution in [3.05, 3.63) is 34.1 Å². The van der Waals surface area contributed by atoms with Crippen LogP contribution in [0.1, 0.15) is 5.76 Å². The minimum atomic E-state index is -0.628. The summed E-state index contributed by atoms with van der Waals surface area (Å²) in [6, 6.07) is 1.31. The smallest absolute Gasteiger partial charge is 0.206 e. The first-order valence-corrected chi connectivity index (χ1v) is 5.83. The van der Waals surface area contributed by atoms with Crippen molar-refractivity contribution in [1.82, 2.24) is 0 Å². The van der Waals surface area contributed by atoms with Gasteiger partial charge in [-0.3, -0.25) is 4.79 Å². The second kappa shape index (κ2) is 4.26. The Balaban J connectivity index is 2.71. The van der Waals surface area contributed by atoms with E-state index in [0.29, 0.717) is 5.76 Å². The average molecular weight is 278 g/mol. The second-order valence-electron chi connectivity index (χ2n) is 4.28. The van der Waals surface area contributed by atoms with Crippen molar-refractivity contribution in [2.45, 2.75) is 6.92 Å². The van der Waals surface area contributed by atoms with Gasteiger partial charge in [-0.1, -0.05) is 0 Å². The van der Waals surface area contributed by atoms with Gasteiger partial charge >= 0.3 is 0 Å². The van der Waals surface area contributed by atoms with Gasteiger partial charge in [0.25, 0.3) is 0 Å². The quantitative estimate of drug-likeness (QED) is 0.721. The van der Waals surface area contributed by atoms with Crippen molar-refractivity contribution in [2.75, 3.05) is 14.2 Å². The molecule has 0 aliphatic rings. The first-order valence-electron chi connectivity index (χ1n) is 5.83. The van der Waals surface area contributed by atoms with Crippen molar-refractivity contribution in [2.24, 2.45) is 0 Å². The Morgan fingerprint density at radius 1 is 1.10 bits per heavy atom. The lowest BCUT2D eigenvalue weighted by Crippen LogP contribution is -2.04. The lowest BCUT2D eigenvalue weighted by atomic mass is 10.1. The Kier molecular flexibility index (Phi) is 2.67. The van der Waals surface area contributed by atoms with Crippen LogP contribution >= 0.6 is 0 Å². The molecule has 0 atom stereocenters. The number of hydrogen-bond acceptors (Lipinski definition) is 5. The van der Waals surface area contributed by atoms with Crippen molar-refractivity contribution in [3.8, 4) is 11.5 Å². The fourth-order valence-electron chi connectivity index (χ4n) is 2.32. The third-order valence-electron chi connectivity index (χ3n) is 3.09. The molecular formula is C14H11FO5. The molecule has 0 unspecified atom stereocenters. The van der Waals surface area contributed by atoms with Crippen LogP contribution in [0, 0.1) is 12.7 Å². The number of rotatable bonds is 2. The Hall–Kier alpha value is -2.50. The van der Waals surface area contributed by atoms with Crippen LogP contribution in [0.5, 0.6) is 11.5 Å². The average Bonchev–Trinajstić information content (AvgIpc) is 2.78. The van der Waals surface area contributed by atoms with E-state index in [0.717, 1.165) is 6.26 Å². The highest BCUT2D eigenvalue weighted by Gasteiger charge is 2.25. The van der Waals surface area contributed by atoms with E-state index in [9.17, 15) is 9.18 Å². The number of furan rings is 1. The molecule has 2 aromatic heterocycles. The van der Waals surface area contributed by atoms with Gasteiger partial charge in [-0.2, -0.15) is 0 Å². The van der Waals surface area contributed by atoms with E-state index in [2.05, 4.69) is 0 Å². The summed E-state index contributed by atoms with van der Waals surface area (Å²) in [5, 5.41) is 0.191. The Morgan fingerprint density at radius 2 is 1.80 bits per heavy atom. The number of fused-ring (bicyclic) bond motifs is 2. The molecule has 0 radical (unpaired) electrons. The lowest BCUT2D eigenvalue weighted by molar-refractivity contribution is 0.398. The minimum Gasteiger partial charge on any atom is -0.495 e. The molecule has 6 heteroatoms. The molecule has 0 aliphatic heterocycles. The molecule has 3 rings (SSSR count). The Bertz CT molecular complexity index is 875. The molecule has 0 fully saturated rings. The molecule has 5 nitrogen and oxygen atoms in total. The molecule has 0 aliphatic carbocycles. The largest absolute Gasteiger partial charge is 0.495 e. The fraction of sp³-hybridized carbons (Fsp3) is 0.214. The molecule has 104 valence electrons. The summed E-state index contributed by atoms with van der Waals surface area (Å²) in [5.74, 6) is 0.0301. The van der Waals surface area contributed by atoms with Gasteiger partial charge < -0.3 is 18.3 Å². The predicted octanol–water partition coefficient (Wildman–Crippen LogP) is 3.00. The molecule has 20 heavy (non-hydrogen) atoms. The summed E-state index contributed by atoms with van der Waals surface area (Å²) in [6.07, 6.45) is 0.936. The molecule has 0 saturated carbocycles. The molecule has 0 saturated heterocycles. The van der Waals surface area contributed by atoms with E-state index in [-0.39, 0.29) is 38.9 Å². The van der Waals surface area contributed by atoms with E-state index >= 15 is 0 Å². The highest BCUT2D eigenvalue weighted by atomic mass is 19.1. The van der Waals surface area contributed by atoms with Gasteiger partial charge in [-0.25, -0.2) is 4.39 Å². The topological polar surface area (TPSA) is 61.8 Å². The second-order valence-corrected chi connectivity index (χ2v) is 4.28. The van der Waals surface area contributed by atoms with Crippen LogP contribution in [0.25, 0.3) is 21.9 Å². The van der Waals surface area contributed by atoms with Crippen LogP contribution in [0.2, 0.25) is 0 Å². The summed E-state index contributed by atoms with van der Waals surface area (Å²) < 4.78 is 35.0. The first-order chi connectivity index (χ1) is 9.58. The van der Waals surface area contributed by atoms with Gasteiger partial charge in [0, 0.05) is 6.07 Å². The predicted molar refractivity (Wildman–Crippen MR) is 70.1 cm³/mol. The van der Waals surface area contributed by atoms with Gasteiger partial charge in [-0.15, -0.1) is 0 Å². The third kappa shape index (κ3) is 1.51. The van der Waals surface area contributed by atoms with E-state index in [1.165, 1.54) is 20.3 Å². The summed E-state index contributed by atoms with van der Waals surface area (Å²) in [6.45, 7) is 1.64. The van der Waals surface area contributed by atoms with E-state index < -0.39 is 5.82 Å². The maximum atomic E-state index is 13.9. The van der Waals surface area contributed by atoms with Gasteiger partial charge in [-0.05, 0) is 6.92 Å². The number of aryl methyl sites for hydroxylation is 1. The van der Waals surface area contributed by atoms with Crippen LogP contribution in [0.15, 0.2) is 26.0 Å². The van der Waals surface area contributed by atoms with Gasteiger partial charge in [0.05, 0.1) is 14.2 Å². The Morgan fingerprint density at radius 3 is 2.45 bits per heavy atom. The number of halogens is 1. The molecule has 1 aromatic carbocycles. The van der Waals surface area contributed by atoms with Crippen molar-refractivity contribution >= 4 is 21.9 Å².